The van der Waals surface area contributed by atoms with Crippen LogP contribution in [0.15, 0.2) is 12.2 Å². The maximum absolute atomic E-state index is 12.3. The molecule has 13 nitrogen and oxygen atoms in total. The van der Waals surface area contributed by atoms with Gasteiger partial charge in [-0.3, -0.25) is 19.2 Å². The lowest BCUT2D eigenvalue weighted by atomic mass is 10.0. The summed E-state index contributed by atoms with van der Waals surface area (Å²) in [5.74, 6) is -2.35. The molecule has 0 aliphatic carbocycles. The Kier molecular flexibility index (Phi) is 35.8. The molecule has 0 radical (unpaired) electrons. The largest absolute Gasteiger partial charge is 0.479 e. The Morgan fingerprint density at radius 3 is 1.60 bits per heavy atom. The minimum absolute atomic E-state index is 0.0477. The second kappa shape index (κ2) is 37.9. The molecule has 0 heterocycles. The van der Waals surface area contributed by atoms with Gasteiger partial charge in [-0.2, -0.15) is 0 Å². The fourth-order valence-corrected chi connectivity index (χ4v) is 5.21. The molecule has 0 aromatic heterocycles. The highest BCUT2D eigenvalue weighted by molar-refractivity contribution is 5.90. The van der Waals surface area contributed by atoms with Gasteiger partial charge in [-0.1, -0.05) is 110 Å². The molecule has 4 N–H and O–H groups in total. The number of aliphatic carboxylic acids is 1. The van der Waals surface area contributed by atoms with E-state index in [0.29, 0.717) is 52.4 Å². The lowest BCUT2D eigenvalue weighted by Gasteiger charge is -2.11. The molecule has 0 unspecified atom stereocenters. The fraction of sp³-hybridized carbons (Fsp3) is 0.821. The van der Waals surface area contributed by atoms with E-state index in [9.17, 15) is 29.1 Å². The Labute approximate surface area is 313 Å². The van der Waals surface area contributed by atoms with Gasteiger partial charge in [0.15, 0.2) is 5.78 Å². The van der Waals surface area contributed by atoms with Crippen LogP contribution in [0.1, 0.15) is 136 Å². The van der Waals surface area contributed by atoms with Crippen molar-refractivity contribution in [2.24, 2.45) is 0 Å². The smallest absolute Gasteiger partial charge is 0.330 e. The zero-order valence-electron chi connectivity index (χ0n) is 32.4. The molecule has 0 aliphatic heterocycles. The van der Waals surface area contributed by atoms with Crippen LogP contribution in [0.25, 0.3) is 0 Å². The van der Waals surface area contributed by atoms with Crippen molar-refractivity contribution in [3.63, 3.8) is 0 Å². The summed E-state index contributed by atoms with van der Waals surface area (Å²) in [6.07, 6.45) is 24.5. The maximum Gasteiger partial charge on any atom is 0.330 e. The van der Waals surface area contributed by atoms with Gasteiger partial charge in [-0.25, -0.2) is 4.79 Å². The lowest BCUT2D eigenvalue weighted by molar-refractivity contribution is -0.140. The van der Waals surface area contributed by atoms with Crippen LogP contribution in [0, 0.1) is 0 Å². The number of carboxylic acid groups (broad SMARTS) is 1. The maximum atomic E-state index is 12.3. The van der Waals surface area contributed by atoms with Crippen molar-refractivity contribution in [3.8, 4) is 0 Å². The Morgan fingerprint density at radius 1 is 0.558 bits per heavy atom. The Balaban J connectivity index is 3.71. The summed E-state index contributed by atoms with van der Waals surface area (Å²) >= 11 is 0. The molecule has 0 spiro atoms. The molecule has 13 heteroatoms. The molecule has 0 aromatic rings. The third-order valence-electron chi connectivity index (χ3n) is 8.15. The topological polar surface area (TPSA) is 179 Å². The third kappa shape index (κ3) is 36.9. The summed E-state index contributed by atoms with van der Waals surface area (Å²) in [4.78, 5) is 58.4. The molecule has 3 amide bonds. The van der Waals surface area contributed by atoms with Crippen molar-refractivity contribution in [2.75, 3.05) is 65.9 Å². The molecule has 0 saturated heterocycles. The number of unbranched alkanes of at least 4 members (excludes halogenated alkanes) is 16. The van der Waals surface area contributed by atoms with E-state index >= 15 is 0 Å². The number of rotatable bonds is 39. The van der Waals surface area contributed by atoms with Crippen LogP contribution in [0.4, 0.5) is 0 Å². The van der Waals surface area contributed by atoms with E-state index in [1.54, 1.807) is 0 Å². The van der Waals surface area contributed by atoms with Crippen molar-refractivity contribution in [3.05, 3.63) is 12.2 Å². The van der Waals surface area contributed by atoms with Crippen molar-refractivity contribution in [2.45, 2.75) is 142 Å². The first-order valence-corrected chi connectivity index (χ1v) is 19.8. The summed E-state index contributed by atoms with van der Waals surface area (Å²) in [7, 11) is 0. The van der Waals surface area contributed by atoms with Crippen LogP contribution in [-0.2, 0) is 42.9 Å². The molecule has 0 fully saturated rings. The summed E-state index contributed by atoms with van der Waals surface area (Å²) in [5, 5.41) is 17.2. The average molecular weight is 742 g/mol. The molecule has 0 aliphatic rings. The van der Waals surface area contributed by atoms with E-state index in [0.717, 1.165) is 25.3 Å². The number of nitrogens with one attached hydrogen (secondary N) is 3. The predicted molar refractivity (Wildman–Crippen MR) is 202 cm³/mol. The summed E-state index contributed by atoms with van der Waals surface area (Å²) in [5.41, 5.74) is 0. The van der Waals surface area contributed by atoms with E-state index in [2.05, 4.69) is 22.9 Å². The standard InChI is InChI=1S/C39H71N3O10/c1-3-4-5-6-7-8-9-10-11-12-13-14-15-16-17-18-19-21-37(45)42-35(39(47)48)22-23-36(44)40-24-20-26-49-28-31-52-33-38(46)41-25-27-50-29-30-51-32-34(2)43/h22-23,35H,3-21,24-33H2,1-2H3,(H,40,44)(H,41,46)(H,42,45)(H,47,48)/b23-22+/t35-/m0/s1. The molecule has 302 valence electrons. The Bertz CT molecular complexity index is 947. The van der Waals surface area contributed by atoms with E-state index < -0.39 is 17.9 Å². The summed E-state index contributed by atoms with van der Waals surface area (Å²) in [6.45, 7) is 6.16. The van der Waals surface area contributed by atoms with E-state index in [1.807, 2.05) is 0 Å². The number of amides is 3. The number of carboxylic acids is 1. The second-order valence-corrected chi connectivity index (χ2v) is 13.2. The van der Waals surface area contributed by atoms with Crippen molar-refractivity contribution >= 4 is 29.5 Å². The molecular weight excluding hydrogens is 670 g/mol. The van der Waals surface area contributed by atoms with Crippen LogP contribution in [-0.4, -0.2) is 107 Å². The van der Waals surface area contributed by atoms with E-state index in [4.69, 9.17) is 18.9 Å². The fourth-order valence-electron chi connectivity index (χ4n) is 5.21. The summed E-state index contributed by atoms with van der Waals surface area (Å²) in [6, 6.07) is -1.27. The normalized spacial score (nSPS) is 11.8. The number of carbonyl (C=O) groups is 5. The van der Waals surface area contributed by atoms with Gasteiger partial charge in [0.1, 0.15) is 19.3 Å². The number of ketones is 1. The molecule has 52 heavy (non-hydrogen) atoms. The van der Waals surface area contributed by atoms with Crippen molar-refractivity contribution in [1.29, 1.82) is 0 Å². The number of Topliss-reactive ketones (excluding diaryl/α,β-unsaturated/α-hetero) is 1. The number of hydrogen-bond donors (Lipinski definition) is 4. The quantitative estimate of drug-likeness (QED) is 0.0469. The number of hydrogen-bond acceptors (Lipinski definition) is 9. The van der Waals surface area contributed by atoms with Gasteiger partial charge < -0.3 is 40.0 Å². The highest BCUT2D eigenvalue weighted by Gasteiger charge is 2.17. The zero-order chi connectivity index (χ0) is 38.3. The molecule has 0 saturated carbocycles. The monoisotopic (exact) mass is 742 g/mol. The van der Waals surface area contributed by atoms with E-state index in [-0.39, 0.29) is 50.4 Å². The van der Waals surface area contributed by atoms with Crippen LogP contribution in [0.5, 0.6) is 0 Å². The Morgan fingerprint density at radius 2 is 1.06 bits per heavy atom. The van der Waals surface area contributed by atoms with Gasteiger partial charge in [0.05, 0.1) is 33.0 Å². The molecule has 0 bridgehead atoms. The molecular formula is C39H71N3O10. The minimum Gasteiger partial charge on any atom is -0.479 e. The second-order valence-electron chi connectivity index (χ2n) is 13.2. The minimum atomic E-state index is -1.27. The highest BCUT2D eigenvalue weighted by atomic mass is 16.5. The Hall–Kier alpha value is -2.87. The summed E-state index contributed by atoms with van der Waals surface area (Å²) < 4.78 is 21.0. The van der Waals surface area contributed by atoms with Crippen LogP contribution in [0.3, 0.4) is 0 Å². The predicted octanol–water partition coefficient (Wildman–Crippen LogP) is 5.43. The molecule has 0 rings (SSSR count). The van der Waals surface area contributed by atoms with E-state index in [1.165, 1.54) is 96.5 Å². The first-order valence-electron chi connectivity index (χ1n) is 19.8. The molecule has 0 aromatic carbocycles. The first-order chi connectivity index (χ1) is 25.3. The van der Waals surface area contributed by atoms with Crippen LogP contribution < -0.4 is 16.0 Å². The van der Waals surface area contributed by atoms with Crippen molar-refractivity contribution in [1.82, 2.24) is 16.0 Å². The van der Waals surface area contributed by atoms with Gasteiger partial charge in [-0.05, 0) is 25.8 Å². The van der Waals surface area contributed by atoms with Gasteiger partial charge in [0.25, 0.3) is 0 Å². The van der Waals surface area contributed by atoms with Crippen LogP contribution in [0.2, 0.25) is 0 Å². The van der Waals surface area contributed by atoms with Gasteiger partial charge >= 0.3 is 5.97 Å². The highest BCUT2D eigenvalue weighted by Crippen LogP contribution is 2.14. The van der Waals surface area contributed by atoms with Gasteiger partial charge in [0.2, 0.25) is 17.7 Å². The molecule has 1 atom stereocenters. The number of carbonyl (C=O) groups excluding carboxylic acids is 4. The SMILES string of the molecule is CCCCCCCCCCCCCCCCCCCC(=O)N[C@@H](/C=C/C(=O)NCCCOCCOCC(=O)NCCOCCOCC(C)=O)C(=O)O. The van der Waals surface area contributed by atoms with Crippen molar-refractivity contribution < 1.29 is 48.0 Å². The zero-order valence-corrected chi connectivity index (χ0v) is 32.4. The van der Waals surface area contributed by atoms with Gasteiger partial charge in [0, 0.05) is 32.2 Å². The lowest BCUT2D eigenvalue weighted by Crippen LogP contribution is -2.39. The van der Waals surface area contributed by atoms with Crippen LogP contribution >= 0.6 is 0 Å². The third-order valence-corrected chi connectivity index (χ3v) is 8.15. The van der Waals surface area contributed by atoms with Gasteiger partial charge in [-0.15, -0.1) is 0 Å². The average Bonchev–Trinajstić information content (AvgIpc) is 3.11. The first kappa shape index (κ1) is 49.1. The number of ether oxygens (including phenoxy) is 4.